The van der Waals surface area contributed by atoms with Crippen LogP contribution in [0.5, 0.6) is 0 Å². The van der Waals surface area contributed by atoms with E-state index in [1.165, 1.54) is 12.8 Å². The van der Waals surface area contributed by atoms with E-state index in [1.54, 1.807) is 12.3 Å². The Labute approximate surface area is 105 Å². The smallest absolute Gasteiger partial charge is 0.143 e. The molecule has 18 heavy (non-hydrogen) atoms. The molecule has 0 atom stereocenters. The number of fused-ring (bicyclic) bond motifs is 1. The van der Waals surface area contributed by atoms with Crippen LogP contribution in [-0.4, -0.2) is 23.1 Å². The first-order valence-corrected chi connectivity index (χ1v) is 5.99. The molecule has 0 radical (unpaired) electrons. The maximum atomic E-state index is 9.04. The summed E-state index contributed by atoms with van der Waals surface area (Å²) < 4.78 is 0. The number of anilines is 2. The lowest BCUT2D eigenvalue weighted by Gasteiger charge is -2.18. The van der Waals surface area contributed by atoms with Crippen LogP contribution in [-0.2, 0) is 0 Å². The number of hydrogen-bond acceptors (Lipinski definition) is 5. The molecule has 1 aliphatic rings. The highest BCUT2D eigenvalue weighted by atomic mass is 15.2. The Morgan fingerprint density at radius 2 is 2.06 bits per heavy atom. The number of nitrogen functional groups attached to an aromatic ring is 1. The van der Waals surface area contributed by atoms with Gasteiger partial charge in [-0.25, -0.2) is 9.97 Å². The summed E-state index contributed by atoms with van der Waals surface area (Å²) in [5.41, 5.74) is 6.17. The number of nitrogens with zero attached hydrogens (tertiary/aromatic N) is 4. The van der Waals surface area contributed by atoms with Crippen molar-refractivity contribution < 1.29 is 0 Å². The van der Waals surface area contributed by atoms with Gasteiger partial charge in [-0.1, -0.05) is 0 Å². The fourth-order valence-corrected chi connectivity index (χ4v) is 2.37. The largest absolute Gasteiger partial charge is 0.384 e. The van der Waals surface area contributed by atoms with Gasteiger partial charge in [0.1, 0.15) is 23.4 Å². The minimum atomic E-state index is 0.427. The lowest BCUT2D eigenvalue weighted by atomic mass is 10.1. The van der Waals surface area contributed by atoms with Crippen molar-refractivity contribution in [2.24, 2.45) is 0 Å². The molecule has 2 aromatic rings. The van der Waals surface area contributed by atoms with Crippen LogP contribution in [0.1, 0.15) is 18.5 Å². The quantitative estimate of drug-likeness (QED) is 0.819. The van der Waals surface area contributed by atoms with Gasteiger partial charge in [-0.2, -0.15) is 5.26 Å². The summed E-state index contributed by atoms with van der Waals surface area (Å²) in [7, 11) is 0. The van der Waals surface area contributed by atoms with Gasteiger partial charge in [0.05, 0.1) is 0 Å². The van der Waals surface area contributed by atoms with E-state index in [4.69, 9.17) is 11.0 Å². The summed E-state index contributed by atoms with van der Waals surface area (Å²) in [5, 5.41) is 10.9. The first-order chi connectivity index (χ1) is 8.78. The molecule has 2 aromatic heterocycles. The Morgan fingerprint density at radius 3 is 2.78 bits per heavy atom. The molecule has 0 aromatic carbocycles. The SMILES string of the molecule is N#Cc1cc2cnc(N)cc2c(N2CCCC2)n1. The second kappa shape index (κ2) is 4.15. The molecule has 3 heterocycles. The molecular weight excluding hydrogens is 226 g/mol. The summed E-state index contributed by atoms with van der Waals surface area (Å²) in [4.78, 5) is 10.7. The van der Waals surface area contributed by atoms with Gasteiger partial charge in [0.2, 0.25) is 0 Å². The number of aromatic nitrogens is 2. The highest BCUT2D eigenvalue weighted by Crippen LogP contribution is 2.28. The summed E-state index contributed by atoms with van der Waals surface area (Å²) in [6, 6.07) is 5.68. The van der Waals surface area contributed by atoms with Crippen LogP contribution in [0.15, 0.2) is 18.3 Å². The second-order valence-corrected chi connectivity index (χ2v) is 4.47. The van der Waals surface area contributed by atoms with Gasteiger partial charge in [0.15, 0.2) is 0 Å². The fraction of sp³-hybridized carbons (Fsp3) is 0.308. The Hall–Kier alpha value is -2.35. The Balaban J connectivity index is 2.25. The molecule has 0 unspecified atom stereocenters. The van der Waals surface area contributed by atoms with E-state index in [9.17, 15) is 0 Å². The van der Waals surface area contributed by atoms with E-state index in [0.29, 0.717) is 11.5 Å². The van der Waals surface area contributed by atoms with Crippen molar-refractivity contribution in [2.75, 3.05) is 23.7 Å². The van der Waals surface area contributed by atoms with Crippen LogP contribution in [0.3, 0.4) is 0 Å². The van der Waals surface area contributed by atoms with Gasteiger partial charge in [0, 0.05) is 30.1 Å². The van der Waals surface area contributed by atoms with Gasteiger partial charge >= 0.3 is 0 Å². The third-order valence-corrected chi connectivity index (χ3v) is 3.24. The summed E-state index contributed by atoms with van der Waals surface area (Å²) >= 11 is 0. The zero-order valence-electron chi connectivity index (χ0n) is 9.93. The fourth-order valence-electron chi connectivity index (χ4n) is 2.37. The lowest BCUT2D eigenvalue weighted by molar-refractivity contribution is 0.943. The van der Waals surface area contributed by atoms with Crippen molar-refractivity contribution in [3.05, 3.63) is 24.0 Å². The Kier molecular flexibility index (Phi) is 2.49. The maximum Gasteiger partial charge on any atom is 0.143 e. The van der Waals surface area contributed by atoms with Crippen molar-refractivity contribution in [1.29, 1.82) is 5.26 Å². The topological polar surface area (TPSA) is 78.8 Å². The molecule has 0 amide bonds. The molecule has 1 aliphatic heterocycles. The maximum absolute atomic E-state index is 9.04. The first-order valence-electron chi connectivity index (χ1n) is 5.99. The summed E-state index contributed by atoms with van der Waals surface area (Å²) in [5.74, 6) is 1.34. The van der Waals surface area contributed by atoms with Crippen LogP contribution in [0.2, 0.25) is 0 Å². The van der Waals surface area contributed by atoms with Gasteiger partial charge < -0.3 is 10.6 Å². The lowest BCUT2D eigenvalue weighted by Crippen LogP contribution is -2.19. The van der Waals surface area contributed by atoms with Crippen molar-refractivity contribution in [3.8, 4) is 6.07 Å². The highest BCUT2D eigenvalue weighted by Gasteiger charge is 2.17. The van der Waals surface area contributed by atoms with Gasteiger partial charge in [-0.15, -0.1) is 0 Å². The molecule has 5 heteroatoms. The average molecular weight is 239 g/mol. The van der Waals surface area contributed by atoms with Crippen molar-refractivity contribution in [2.45, 2.75) is 12.8 Å². The second-order valence-electron chi connectivity index (χ2n) is 4.47. The minimum Gasteiger partial charge on any atom is -0.384 e. The molecule has 1 saturated heterocycles. The van der Waals surface area contributed by atoms with E-state index < -0.39 is 0 Å². The summed E-state index contributed by atoms with van der Waals surface area (Å²) in [6.45, 7) is 1.97. The standard InChI is InChI=1S/C13H13N5/c14-7-10-5-9-8-16-12(15)6-11(9)13(17-10)18-3-1-2-4-18/h5-6,8H,1-4H2,(H2,15,16). The molecule has 3 rings (SSSR count). The molecule has 0 bridgehead atoms. The normalized spacial score (nSPS) is 14.9. The number of pyridine rings is 2. The third-order valence-electron chi connectivity index (χ3n) is 3.24. The van der Waals surface area contributed by atoms with E-state index in [2.05, 4.69) is 20.9 Å². The van der Waals surface area contributed by atoms with E-state index in [-0.39, 0.29) is 0 Å². The average Bonchev–Trinajstić information content (AvgIpc) is 2.91. The molecule has 90 valence electrons. The van der Waals surface area contributed by atoms with Crippen LogP contribution in [0.4, 0.5) is 11.6 Å². The first kappa shape index (κ1) is 10.8. The Bertz CT molecular complexity index is 638. The molecule has 0 saturated carbocycles. The van der Waals surface area contributed by atoms with Gasteiger partial charge in [-0.3, -0.25) is 0 Å². The molecule has 2 N–H and O–H groups in total. The molecule has 0 spiro atoms. The molecular formula is C13H13N5. The number of rotatable bonds is 1. The van der Waals surface area contributed by atoms with Crippen LogP contribution < -0.4 is 10.6 Å². The van der Waals surface area contributed by atoms with Crippen molar-refractivity contribution in [1.82, 2.24) is 9.97 Å². The Morgan fingerprint density at radius 1 is 1.28 bits per heavy atom. The van der Waals surface area contributed by atoms with Gasteiger partial charge in [0.25, 0.3) is 0 Å². The van der Waals surface area contributed by atoms with Crippen molar-refractivity contribution in [3.63, 3.8) is 0 Å². The van der Waals surface area contributed by atoms with Crippen LogP contribution in [0, 0.1) is 11.3 Å². The van der Waals surface area contributed by atoms with Gasteiger partial charge in [-0.05, 0) is 25.0 Å². The van der Waals surface area contributed by atoms with E-state index in [1.807, 2.05) is 6.07 Å². The van der Waals surface area contributed by atoms with Crippen molar-refractivity contribution >= 4 is 22.4 Å². The van der Waals surface area contributed by atoms with E-state index in [0.717, 1.165) is 29.7 Å². The van der Waals surface area contributed by atoms with E-state index >= 15 is 0 Å². The third kappa shape index (κ3) is 1.72. The number of nitriles is 1. The highest BCUT2D eigenvalue weighted by molar-refractivity contribution is 5.94. The van der Waals surface area contributed by atoms with Crippen LogP contribution in [0.25, 0.3) is 10.8 Å². The zero-order chi connectivity index (χ0) is 12.5. The number of nitrogens with two attached hydrogens (primary N) is 1. The summed E-state index contributed by atoms with van der Waals surface area (Å²) in [6.07, 6.45) is 4.04. The molecule has 0 aliphatic carbocycles. The molecule has 1 fully saturated rings. The number of hydrogen-bond donors (Lipinski definition) is 1. The predicted molar refractivity (Wildman–Crippen MR) is 70.1 cm³/mol. The molecule has 5 nitrogen and oxygen atoms in total. The minimum absolute atomic E-state index is 0.427. The monoisotopic (exact) mass is 239 g/mol. The zero-order valence-corrected chi connectivity index (χ0v) is 9.93. The predicted octanol–water partition coefficient (Wildman–Crippen LogP) is 1.68. The van der Waals surface area contributed by atoms with Crippen LogP contribution >= 0.6 is 0 Å².